The van der Waals surface area contributed by atoms with Crippen molar-refractivity contribution in [2.45, 2.75) is 0 Å². The van der Waals surface area contributed by atoms with Crippen LogP contribution in [0.3, 0.4) is 0 Å². The quantitative estimate of drug-likeness (QED) is 0.512. The van der Waals surface area contributed by atoms with Crippen LogP contribution in [0.25, 0.3) is 0 Å². The lowest BCUT2D eigenvalue weighted by Crippen LogP contribution is -2.18. The normalized spacial score (nSPS) is 7.40. The van der Waals surface area contributed by atoms with Gasteiger partial charge in [-0.25, -0.2) is 4.79 Å². The van der Waals surface area contributed by atoms with Gasteiger partial charge in [-0.1, -0.05) is 18.2 Å². The van der Waals surface area contributed by atoms with Crippen molar-refractivity contribution in [3.8, 4) is 5.75 Å². The SMILES string of the molecule is C=O.NC(N)=O.Nc1ccnnn1.Oc1ccccc1. The number of urea groups is 1. The van der Waals surface area contributed by atoms with Gasteiger partial charge in [0.15, 0.2) is 0 Å². The lowest BCUT2D eigenvalue weighted by atomic mass is 10.3. The van der Waals surface area contributed by atoms with Gasteiger partial charge in [0.05, 0.1) is 6.20 Å². The molecule has 0 spiro atoms. The van der Waals surface area contributed by atoms with Crippen molar-refractivity contribution in [2.24, 2.45) is 11.5 Å². The Hall–Kier alpha value is -3.23. The average molecular weight is 280 g/mol. The molecule has 7 N–H and O–H groups in total. The molecule has 0 aliphatic carbocycles. The summed E-state index contributed by atoms with van der Waals surface area (Å²) in [6.07, 6.45) is 1.49. The zero-order valence-corrected chi connectivity index (χ0v) is 10.6. The molecule has 0 fully saturated rings. The molecule has 0 aliphatic rings. The van der Waals surface area contributed by atoms with Crippen molar-refractivity contribution in [3.63, 3.8) is 0 Å². The number of nitrogen functional groups attached to an aromatic ring is 1. The Morgan fingerprint density at radius 2 is 1.60 bits per heavy atom. The molecule has 0 aliphatic heterocycles. The second-order valence-corrected chi connectivity index (χ2v) is 2.78. The predicted molar refractivity (Wildman–Crippen MR) is 73.2 cm³/mol. The largest absolute Gasteiger partial charge is 0.508 e. The molecule has 1 aromatic carbocycles. The highest BCUT2D eigenvalue weighted by Crippen LogP contribution is 2.02. The number of primary amides is 2. The lowest BCUT2D eigenvalue weighted by Gasteiger charge is -1.82. The Kier molecular flexibility index (Phi) is 13.2. The number of hydrogen-bond donors (Lipinski definition) is 4. The summed E-state index contributed by atoms with van der Waals surface area (Å²) < 4.78 is 0. The van der Waals surface area contributed by atoms with E-state index < -0.39 is 6.03 Å². The fourth-order valence-electron chi connectivity index (χ4n) is 0.678. The number of nitrogens with zero attached hydrogens (tertiary/aromatic N) is 3. The van der Waals surface area contributed by atoms with Crippen LogP contribution in [0.15, 0.2) is 42.6 Å². The number of phenolic OH excluding ortho intramolecular Hbond substituents is 1. The summed E-state index contributed by atoms with van der Waals surface area (Å²) in [6, 6.07) is 9.46. The first-order valence-corrected chi connectivity index (χ1v) is 5.00. The van der Waals surface area contributed by atoms with Crippen LogP contribution in [-0.2, 0) is 4.79 Å². The maximum atomic E-state index is 9.00. The van der Waals surface area contributed by atoms with E-state index in [9.17, 15) is 0 Å². The molecule has 0 radical (unpaired) electrons. The van der Waals surface area contributed by atoms with Crippen LogP contribution in [0, 0.1) is 0 Å². The molecule has 2 rings (SSSR count). The number of aromatic nitrogens is 3. The van der Waals surface area contributed by atoms with E-state index in [-0.39, 0.29) is 0 Å². The van der Waals surface area contributed by atoms with Crippen molar-refractivity contribution < 1.29 is 14.7 Å². The zero-order chi connectivity index (χ0) is 15.8. The molecule has 9 heteroatoms. The van der Waals surface area contributed by atoms with Gasteiger partial charge in [-0.2, -0.15) is 0 Å². The summed E-state index contributed by atoms with van der Waals surface area (Å²) in [4.78, 5) is 17.0. The average Bonchev–Trinajstić information content (AvgIpc) is 2.43. The first-order valence-electron chi connectivity index (χ1n) is 5.00. The third-order valence-electron chi connectivity index (χ3n) is 1.28. The van der Waals surface area contributed by atoms with Gasteiger partial charge in [0.2, 0.25) is 0 Å². The van der Waals surface area contributed by atoms with Crippen LogP contribution < -0.4 is 17.2 Å². The van der Waals surface area contributed by atoms with Gasteiger partial charge in [0.25, 0.3) is 0 Å². The fraction of sp³-hybridized carbons (Fsp3) is 0. The highest BCUT2D eigenvalue weighted by molar-refractivity contribution is 5.69. The highest BCUT2D eigenvalue weighted by atomic mass is 16.3. The summed E-state index contributed by atoms with van der Waals surface area (Å²) in [5, 5.41) is 18.7. The van der Waals surface area contributed by atoms with Gasteiger partial charge >= 0.3 is 6.03 Å². The fourth-order valence-corrected chi connectivity index (χ4v) is 0.678. The van der Waals surface area contributed by atoms with E-state index in [0.717, 1.165) is 0 Å². The number of phenols is 1. The maximum Gasteiger partial charge on any atom is 0.309 e. The Morgan fingerprint density at radius 1 is 1.10 bits per heavy atom. The molecule has 0 saturated carbocycles. The second-order valence-electron chi connectivity index (χ2n) is 2.78. The number of hydrogen-bond acceptors (Lipinski definition) is 7. The van der Waals surface area contributed by atoms with Crippen LogP contribution in [0.5, 0.6) is 5.75 Å². The molecular weight excluding hydrogens is 264 g/mol. The van der Waals surface area contributed by atoms with Gasteiger partial charge in [-0.05, 0) is 17.3 Å². The molecule has 0 atom stereocenters. The number of benzene rings is 1. The number of para-hydroxylation sites is 1. The van der Waals surface area contributed by atoms with Gasteiger partial charge in [0.1, 0.15) is 18.4 Å². The zero-order valence-electron chi connectivity index (χ0n) is 10.6. The first-order chi connectivity index (χ1) is 9.52. The van der Waals surface area contributed by atoms with E-state index in [1.54, 1.807) is 30.3 Å². The summed E-state index contributed by atoms with van der Waals surface area (Å²) in [5.74, 6) is 0.720. The Labute approximate surface area is 115 Å². The van der Waals surface area contributed by atoms with Crippen molar-refractivity contribution in [1.29, 1.82) is 0 Å². The smallest absolute Gasteiger partial charge is 0.309 e. The molecule has 1 aromatic heterocycles. The Bertz CT molecular complexity index is 413. The van der Waals surface area contributed by atoms with E-state index in [2.05, 4.69) is 26.9 Å². The molecule has 20 heavy (non-hydrogen) atoms. The van der Waals surface area contributed by atoms with E-state index in [1.165, 1.54) is 6.20 Å². The Morgan fingerprint density at radius 3 is 1.80 bits per heavy atom. The van der Waals surface area contributed by atoms with E-state index in [1.807, 2.05) is 12.9 Å². The van der Waals surface area contributed by atoms with Crippen LogP contribution in [0.1, 0.15) is 0 Å². The maximum absolute atomic E-state index is 9.00. The standard InChI is InChI=1S/C6H6O.C3H4N4.CH4N2O.CH2O/c7-6-4-2-1-3-5-6;4-3-1-2-5-7-6-3;2-1(3)4;1-2/h1-5,7H;1-2H,(H2,4,5,6);(H4,2,3,4);1H2. The highest BCUT2D eigenvalue weighted by Gasteiger charge is 1.76. The molecule has 2 amide bonds. The van der Waals surface area contributed by atoms with Crippen molar-refractivity contribution in [2.75, 3.05) is 5.73 Å². The van der Waals surface area contributed by atoms with Crippen LogP contribution in [0.2, 0.25) is 0 Å². The molecule has 9 nitrogen and oxygen atoms in total. The van der Waals surface area contributed by atoms with Crippen LogP contribution >= 0.6 is 0 Å². The number of carbonyl (C=O) groups excluding carboxylic acids is 2. The van der Waals surface area contributed by atoms with Gasteiger partial charge in [0, 0.05) is 6.07 Å². The third-order valence-corrected chi connectivity index (χ3v) is 1.28. The summed E-state index contributed by atoms with van der Waals surface area (Å²) in [6.45, 7) is 2.00. The van der Waals surface area contributed by atoms with Crippen molar-refractivity contribution >= 4 is 18.6 Å². The molecule has 0 saturated heterocycles. The summed E-state index contributed by atoms with van der Waals surface area (Å²) >= 11 is 0. The lowest BCUT2D eigenvalue weighted by molar-refractivity contribution is -0.0979. The monoisotopic (exact) mass is 280 g/mol. The minimum absolute atomic E-state index is 0.322. The van der Waals surface area contributed by atoms with Crippen molar-refractivity contribution in [1.82, 2.24) is 15.4 Å². The van der Waals surface area contributed by atoms with Crippen LogP contribution in [0.4, 0.5) is 10.6 Å². The number of carbonyl (C=O) groups is 2. The number of aromatic hydroxyl groups is 1. The van der Waals surface area contributed by atoms with Gasteiger partial charge < -0.3 is 27.1 Å². The number of nitrogens with two attached hydrogens (primary N) is 3. The molecule has 0 unspecified atom stereocenters. The molecule has 1 heterocycles. The predicted octanol–water partition coefficient (Wildman–Crippen LogP) is -0.315. The third kappa shape index (κ3) is 17.2. The summed E-state index contributed by atoms with van der Waals surface area (Å²) in [5.41, 5.74) is 13.6. The van der Waals surface area contributed by atoms with Gasteiger partial charge in [-0.3, -0.25) is 0 Å². The number of anilines is 1. The van der Waals surface area contributed by atoms with E-state index >= 15 is 0 Å². The second kappa shape index (κ2) is 13.8. The molecular formula is C11H16N6O3. The number of amides is 2. The topological polar surface area (TPSA) is 171 Å². The van der Waals surface area contributed by atoms with Crippen LogP contribution in [-0.4, -0.2) is 33.3 Å². The van der Waals surface area contributed by atoms with Gasteiger partial charge in [-0.15, -0.1) is 10.2 Å². The molecule has 108 valence electrons. The minimum Gasteiger partial charge on any atom is -0.508 e. The Balaban J connectivity index is 0. The number of rotatable bonds is 0. The van der Waals surface area contributed by atoms with E-state index in [4.69, 9.17) is 20.4 Å². The summed E-state index contributed by atoms with van der Waals surface area (Å²) in [7, 11) is 0. The minimum atomic E-state index is -0.833. The van der Waals surface area contributed by atoms with E-state index in [0.29, 0.717) is 11.6 Å². The molecule has 2 aromatic rings. The molecule has 0 bridgehead atoms. The first kappa shape index (κ1) is 19.1. The van der Waals surface area contributed by atoms with Crippen molar-refractivity contribution in [3.05, 3.63) is 42.6 Å².